The third-order valence-electron chi connectivity index (χ3n) is 4.60. The second-order valence-corrected chi connectivity index (χ2v) is 5.81. The number of rotatable bonds is 2. The Bertz CT molecular complexity index is 470. The van der Waals surface area contributed by atoms with Gasteiger partial charge in [0, 0.05) is 12.1 Å². The summed E-state index contributed by atoms with van der Waals surface area (Å²) in [5, 5.41) is 16.7. The van der Waals surface area contributed by atoms with Crippen LogP contribution in [0.1, 0.15) is 43.1 Å². The monoisotopic (exact) mass is 250 g/mol. The van der Waals surface area contributed by atoms with Gasteiger partial charge in [-0.2, -0.15) is 0 Å². The van der Waals surface area contributed by atoms with Crippen LogP contribution in [0.3, 0.4) is 0 Å². The zero-order valence-electron chi connectivity index (χ0n) is 10.7. The second kappa shape index (κ2) is 3.78. The Kier molecular flexibility index (Phi) is 2.45. The zero-order valence-corrected chi connectivity index (χ0v) is 10.7. The van der Waals surface area contributed by atoms with Gasteiger partial charge in [0.15, 0.2) is 5.69 Å². The number of hydrogen-bond donors (Lipinski definition) is 1. The first kappa shape index (κ1) is 11.6. The van der Waals surface area contributed by atoms with E-state index in [1.54, 1.807) is 10.9 Å². The molecule has 2 bridgehead atoms. The van der Waals surface area contributed by atoms with Gasteiger partial charge in [-0.1, -0.05) is 5.21 Å². The highest BCUT2D eigenvalue weighted by atomic mass is 16.4. The highest BCUT2D eigenvalue weighted by molar-refractivity contribution is 5.84. The lowest BCUT2D eigenvalue weighted by Gasteiger charge is -2.43. The molecule has 0 aromatic carbocycles. The van der Waals surface area contributed by atoms with Gasteiger partial charge < -0.3 is 10.0 Å². The summed E-state index contributed by atoms with van der Waals surface area (Å²) in [6.07, 6.45) is 6.06. The lowest BCUT2D eigenvalue weighted by molar-refractivity contribution is 0.0684. The van der Waals surface area contributed by atoms with Crippen molar-refractivity contribution in [2.24, 2.45) is 0 Å². The highest BCUT2D eigenvalue weighted by Gasteiger charge is 2.46. The number of carboxylic acids is 1. The van der Waals surface area contributed by atoms with Crippen molar-refractivity contribution in [1.82, 2.24) is 19.9 Å². The fourth-order valence-electron chi connectivity index (χ4n) is 3.49. The molecule has 0 radical (unpaired) electrons. The Labute approximate surface area is 106 Å². The Morgan fingerprint density at radius 1 is 1.44 bits per heavy atom. The number of carbonyl (C=O) groups is 1. The molecular formula is C12H18N4O2. The summed E-state index contributed by atoms with van der Waals surface area (Å²) in [7, 11) is 2.19. The molecule has 6 heteroatoms. The van der Waals surface area contributed by atoms with Crippen LogP contribution in [0.5, 0.6) is 0 Å². The van der Waals surface area contributed by atoms with E-state index in [0.29, 0.717) is 12.1 Å². The minimum atomic E-state index is -1.01. The van der Waals surface area contributed by atoms with Gasteiger partial charge in [0.1, 0.15) is 0 Å². The maximum atomic E-state index is 10.9. The van der Waals surface area contributed by atoms with Crippen LogP contribution < -0.4 is 0 Å². The van der Waals surface area contributed by atoms with Gasteiger partial charge in [0.2, 0.25) is 0 Å². The van der Waals surface area contributed by atoms with Crippen molar-refractivity contribution in [3.8, 4) is 0 Å². The molecule has 0 amide bonds. The van der Waals surface area contributed by atoms with Crippen molar-refractivity contribution < 1.29 is 9.90 Å². The van der Waals surface area contributed by atoms with E-state index in [4.69, 9.17) is 5.11 Å². The minimum absolute atomic E-state index is 0.0301. The molecule has 0 spiro atoms. The van der Waals surface area contributed by atoms with Crippen LogP contribution in [0.15, 0.2) is 6.20 Å². The Morgan fingerprint density at radius 2 is 2.06 bits per heavy atom. The number of fused-ring (bicyclic) bond motifs is 2. The normalized spacial score (nSPS) is 35.9. The average Bonchev–Trinajstić information content (AvgIpc) is 2.87. The molecule has 2 aliphatic rings. The SMILES string of the molecule is CN1[C@H]2CC[C@H]1CC(C)(n1cc(C(=O)O)nn1)C2. The summed E-state index contributed by atoms with van der Waals surface area (Å²) in [6, 6.07) is 1.18. The molecular weight excluding hydrogens is 232 g/mol. The van der Waals surface area contributed by atoms with Gasteiger partial charge in [-0.15, -0.1) is 5.10 Å². The van der Waals surface area contributed by atoms with E-state index >= 15 is 0 Å². The molecule has 2 atom stereocenters. The summed E-state index contributed by atoms with van der Waals surface area (Å²) >= 11 is 0. The number of aromatic nitrogens is 3. The average molecular weight is 250 g/mol. The van der Waals surface area contributed by atoms with Crippen molar-refractivity contribution in [1.29, 1.82) is 0 Å². The standard InChI is InChI=1S/C12H18N4O2/c1-12(16-7-10(11(17)18)13-14-16)5-8-3-4-9(6-12)15(8)2/h7-9H,3-6H2,1-2H3,(H,17,18)/t8-,9-/m0/s1. The van der Waals surface area contributed by atoms with Crippen molar-refractivity contribution in [3.05, 3.63) is 11.9 Å². The largest absolute Gasteiger partial charge is 0.476 e. The molecule has 98 valence electrons. The van der Waals surface area contributed by atoms with Gasteiger partial charge in [0.25, 0.3) is 0 Å². The zero-order chi connectivity index (χ0) is 12.9. The maximum absolute atomic E-state index is 10.9. The number of hydrogen-bond acceptors (Lipinski definition) is 4. The quantitative estimate of drug-likeness (QED) is 0.846. The number of nitrogens with zero attached hydrogens (tertiary/aromatic N) is 4. The molecule has 0 aliphatic carbocycles. The number of piperidine rings is 1. The fourth-order valence-corrected chi connectivity index (χ4v) is 3.49. The Hall–Kier alpha value is -1.43. The van der Waals surface area contributed by atoms with Crippen molar-refractivity contribution in [2.75, 3.05) is 7.05 Å². The maximum Gasteiger partial charge on any atom is 0.358 e. The summed E-state index contributed by atoms with van der Waals surface area (Å²) in [5.74, 6) is -1.01. The molecule has 1 N–H and O–H groups in total. The van der Waals surface area contributed by atoms with Crippen molar-refractivity contribution in [3.63, 3.8) is 0 Å². The van der Waals surface area contributed by atoms with E-state index in [-0.39, 0.29) is 11.2 Å². The molecule has 1 aromatic rings. The third kappa shape index (κ3) is 1.63. The van der Waals surface area contributed by atoms with E-state index in [1.807, 2.05) is 0 Å². The lowest BCUT2D eigenvalue weighted by atomic mass is 9.85. The van der Waals surface area contributed by atoms with Crippen LogP contribution in [0.2, 0.25) is 0 Å². The minimum Gasteiger partial charge on any atom is -0.476 e. The first-order valence-corrected chi connectivity index (χ1v) is 6.38. The van der Waals surface area contributed by atoms with Crippen LogP contribution in [-0.2, 0) is 5.54 Å². The third-order valence-corrected chi connectivity index (χ3v) is 4.60. The van der Waals surface area contributed by atoms with Gasteiger partial charge in [0.05, 0.1) is 11.7 Å². The lowest BCUT2D eigenvalue weighted by Crippen LogP contribution is -2.49. The fraction of sp³-hybridized carbons (Fsp3) is 0.750. The van der Waals surface area contributed by atoms with Gasteiger partial charge >= 0.3 is 5.97 Å². The summed E-state index contributed by atoms with van der Waals surface area (Å²) in [5.41, 5.74) is -0.0681. The molecule has 6 nitrogen and oxygen atoms in total. The molecule has 0 unspecified atom stereocenters. The number of carboxylic acid groups (broad SMARTS) is 1. The van der Waals surface area contributed by atoms with Gasteiger partial charge in [-0.05, 0) is 39.7 Å². The van der Waals surface area contributed by atoms with Crippen LogP contribution in [0.25, 0.3) is 0 Å². The molecule has 18 heavy (non-hydrogen) atoms. The summed E-state index contributed by atoms with van der Waals surface area (Å²) in [4.78, 5) is 13.3. The predicted molar refractivity (Wildman–Crippen MR) is 64.4 cm³/mol. The first-order chi connectivity index (χ1) is 8.49. The van der Waals surface area contributed by atoms with Crippen LogP contribution >= 0.6 is 0 Å². The molecule has 0 saturated carbocycles. The van der Waals surface area contributed by atoms with Gasteiger partial charge in [-0.3, -0.25) is 0 Å². The highest BCUT2D eigenvalue weighted by Crippen LogP contribution is 2.43. The van der Waals surface area contributed by atoms with Gasteiger partial charge in [-0.25, -0.2) is 9.48 Å². The van der Waals surface area contributed by atoms with Crippen LogP contribution in [0.4, 0.5) is 0 Å². The summed E-state index contributed by atoms with van der Waals surface area (Å²) in [6.45, 7) is 2.16. The van der Waals surface area contributed by atoms with E-state index in [0.717, 1.165) is 12.8 Å². The Morgan fingerprint density at radius 3 is 2.56 bits per heavy atom. The van der Waals surface area contributed by atoms with E-state index in [9.17, 15) is 4.79 Å². The second-order valence-electron chi connectivity index (χ2n) is 5.81. The first-order valence-electron chi connectivity index (χ1n) is 6.38. The van der Waals surface area contributed by atoms with Crippen LogP contribution in [0, 0.1) is 0 Å². The molecule has 2 aliphatic heterocycles. The van der Waals surface area contributed by atoms with Crippen molar-refractivity contribution in [2.45, 2.75) is 50.2 Å². The predicted octanol–water partition coefficient (Wildman–Crippen LogP) is 0.948. The molecule has 2 fully saturated rings. The van der Waals surface area contributed by atoms with E-state index in [1.165, 1.54) is 12.8 Å². The Balaban J connectivity index is 1.89. The number of aromatic carboxylic acids is 1. The molecule has 2 saturated heterocycles. The molecule has 1 aromatic heterocycles. The molecule has 3 heterocycles. The molecule has 3 rings (SSSR count). The topological polar surface area (TPSA) is 71.2 Å². The smallest absolute Gasteiger partial charge is 0.358 e. The van der Waals surface area contributed by atoms with E-state index < -0.39 is 5.97 Å². The summed E-state index contributed by atoms with van der Waals surface area (Å²) < 4.78 is 1.76. The van der Waals surface area contributed by atoms with Crippen LogP contribution in [-0.4, -0.2) is 50.1 Å². The van der Waals surface area contributed by atoms with Crippen molar-refractivity contribution >= 4 is 5.97 Å². The van der Waals surface area contributed by atoms with E-state index in [2.05, 4.69) is 29.2 Å².